The fourth-order valence-corrected chi connectivity index (χ4v) is 3.85. The van der Waals surface area contributed by atoms with E-state index in [2.05, 4.69) is 0 Å². The van der Waals surface area contributed by atoms with E-state index in [-0.39, 0.29) is 11.5 Å². The second-order valence-corrected chi connectivity index (χ2v) is 7.40. The monoisotopic (exact) mass is 357 g/mol. The van der Waals surface area contributed by atoms with Gasteiger partial charge in [0.25, 0.3) is 0 Å². The summed E-state index contributed by atoms with van der Waals surface area (Å²) in [5.41, 5.74) is 1.30. The predicted molar refractivity (Wildman–Crippen MR) is 102 cm³/mol. The molecule has 2 heterocycles. The highest BCUT2D eigenvalue weighted by molar-refractivity contribution is 7.99. The van der Waals surface area contributed by atoms with E-state index < -0.39 is 0 Å². The molecule has 2 aromatic rings. The molecule has 1 saturated heterocycles. The lowest BCUT2D eigenvalue weighted by Crippen LogP contribution is -2.37. The van der Waals surface area contributed by atoms with E-state index in [0.717, 1.165) is 43.0 Å². The summed E-state index contributed by atoms with van der Waals surface area (Å²) in [4.78, 5) is 26.2. The van der Waals surface area contributed by atoms with Gasteiger partial charge in [0.1, 0.15) is 5.76 Å². The molecule has 25 heavy (non-hydrogen) atoms. The maximum atomic E-state index is 12.1. The zero-order chi connectivity index (χ0) is 17.5. The van der Waals surface area contributed by atoms with Crippen LogP contribution in [0.4, 0.5) is 0 Å². The lowest BCUT2D eigenvalue weighted by molar-refractivity contribution is -0.130. The van der Waals surface area contributed by atoms with Crippen LogP contribution in [0.25, 0.3) is 11.3 Å². The van der Waals surface area contributed by atoms with Gasteiger partial charge in [-0.2, -0.15) is 11.8 Å². The smallest absolute Gasteiger partial charge is 0.339 e. The number of unbranched alkanes of at least 4 members (excludes halogenated alkanes) is 1. The van der Waals surface area contributed by atoms with Crippen molar-refractivity contribution in [1.82, 2.24) is 4.90 Å². The standard InChI is InChI=1S/C20H23NO3S/c22-19(21-12-14-25-15-13-21)9-5-4-8-17-10-11-18(24-20(17)23)16-6-2-1-3-7-16/h1-3,6-7,10-11H,4-5,8-9,12-15H2. The Hall–Kier alpha value is -2.01. The number of amides is 1. The van der Waals surface area contributed by atoms with Gasteiger partial charge in [-0.25, -0.2) is 4.79 Å². The van der Waals surface area contributed by atoms with E-state index in [9.17, 15) is 9.59 Å². The number of carbonyl (C=O) groups excluding carboxylic acids is 1. The summed E-state index contributed by atoms with van der Waals surface area (Å²) >= 11 is 1.90. The first kappa shape index (κ1) is 17.8. The Morgan fingerprint density at radius 3 is 2.52 bits per heavy atom. The Bertz CT molecular complexity index is 751. The molecule has 0 bridgehead atoms. The zero-order valence-electron chi connectivity index (χ0n) is 14.3. The number of carbonyl (C=O) groups is 1. The van der Waals surface area contributed by atoms with Crippen molar-refractivity contribution in [3.05, 3.63) is 58.4 Å². The summed E-state index contributed by atoms with van der Waals surface area (Å²) in [7, 11) is 0. The first-order valence-corrected chi connectivity index (χ1v) is 9.93. The molecule has 0 saturated carbocycles. The van der Waals surface area contributed by atoms with E-state index in [1.807, 2.05) is 59.1 Å². The Morgan fingerprint density at radius 1 is 1.04 bits per heavy atom. The highest BCUT2D eigenvalue weighted by Gasteiger charge is 2.16. The molecule has 3 rings (SSSR count). The molecule has 0 aliphatic carbocycles. The van der Waals surface area contributed by atoms with Gasteiger partial charge in [0.15, 0.2) is 0 Å². The van der Waals surface area contributed by atoms with Crippen molar-refractivity contribution in [1.29, 1.82) is 0 Å². The number of benzene rings is 1. The minimum atomic E-state index is -0.277. The topological polar surface area (TPSA) is 50.5 Å². The van der Waals surface area contributed by atoms with Crippen LogP contribution in [0, 0.1) is 0 Å². The van der Waals surface area contributed by atoms with Crippen LogP contribution in [0.5, 0.6) is 0 Å². The van der Waals surface area contributed by atoms with Gasteiger partial charge in [0.2, 0.25) is 5.91 Å². The lowest BCUT2D eigenvalue weighted by atomic mass is 10.1. The average molecular weight is 357 g/mol. The van der Waals surface area contributed by atoms with Crippen LogP contribution in [-0.4, -0.2) is 35.4 Å². The van der Waals surface area contributed by atoms with Crippen molar-refractivity contribution in [3.8, 4) is 11.3 Å². The maximum Gasteiger partial charge on any atom is 0.339 e. The number of aryl methyl sites for hydroxylation is 1. The van der Waals surface area contributed by atoms with E-state index in [0.29, 0.717) is 24.2 Å². The molecule has 1 fully saturated rings. The Kier molecular flexibility index (Phi) is 6.34. The molecular weight excluding hydrogens is 334 g/mol. The zero-order valence-corrected chi connectivity index (χ0v) is 15.1. The minimum Gasteiger partial charge on any atom is -0.423 e. The van der Waals surface area contributed by atoms with Gasteiger partial charge in [-0.3, -0.25) is 4.79 Å². The largest absolute Gasteiger partial charge is 0.423 e. The third-order valence-electron chi connectivity index (χ3n) is 4.41. The van der Waals surface area contributed by atoms with Crippen LogP contribution in [0.15, 0.2) is 51.7 Å². The van der Waals surface area contributed by atoms with Gasteiger partial charge in [-0.15, -0.1) is 0 Å². The second kappa shape index (κ2) is 8.90. The Labute approximate surface area is 152 Å². The molecule has 0 N–H and O–H groups in total. The molecule has 1 aliphatic rings. The van der Waals surface area contributed by atoms with Crippen molar-refractivity contribution in [2.24, 2.45) is 0 Å². The summed E-state index contributed by atoms with van der Waals surface area (Å²) in [5, 5.41) is 0. The summed E-state index contributed by atoms with van der Waals surface area (Å²) in [6, 6.07) is 13.3. The van der Waals surface area contributed by atoms with Crippen molar-refractivity contribution < 1.29 is 9.21 Å². The van der Waals surface area contributed by atoms with Gasteiger partial charge < -0.3 is 9.32 Å². The van der Waals surface area contributed by atoms with Gasteiger partial charge in [-0.1, -0.05) is 30.3 Å². The van der Waals surface area contributed by atoms with Crippen molar-refractivity contribution in [3.63, 3.8) is 0 Å². The molecule has 0 atom stereocenters. The predicted octanol–water partition coefficient (Wildman–Crippen LogP) is 3.60. The summed E-state index contributed by atoms with van der Waals surface area (Å²) < 4.78 is 5.43. The average Bonchev–Trinajstić information content (AvgIpc) is 2.67. The van der Waals surface area contributed by atoms with Crippen LogP contribution in [0.3, 0.4) is 0 Å². The molecule has 1 aromatic heterocycles. The quantitative estimate of drug-likeness (QED) is 0.741. The number of rotatable bonds is 6. The second-order valence-electron chi connectivity index (χ2n) is 6.18. The van der Waals surface area contributed by atoms with Crippen LogP contribution in [0.1, 0.15) is 24.8 Å². The van der Waals surface area contributed by atoms with Gasteiger partial charge in [-0.05, 0) is 31.4 Å². The fraction of sp³-hybridized carbons (Fsp3) is 0.400. The van der Waals surface area contributed by atoms with Crippen molar-refractivity contribution in [2.75, 3.05) is 24.6 Å². The molecule has 0 unspecified atom stereocenters. The molecule has 1 aromatic carbocycles. The summed E-state index contributed by atoms with van der Waals surface area (Å²) in [6.07, 6.45) is 2.85. The number of thioether (sulfide) groups is 1. The molecule has 1 amide bonds. The van der Waals surface area contributed by atoms with Crippen LogP contribution < -0.4 is 5.63 Å². The molecule has 132 valence electrons. The van der Waals surface area contributed by atoms with Crippen molar-refractivity contribution >= 4 is 17.7 Å². The first-order chi connectivity index (χ1) is 12.2. The SMILES string of the molecule is O=C(CCCCc1ccc(-c2ccccc2)oc1=O)N1CCSCC1. The van der Waals surface area contributed by atoms with Gasteiger partial charge in [0.05, 0.1) is 0 Å². The van der Waals surface area contributed by atoms with Gasteiger partial charge >= 0.3 is 5.63 Å². The molecule has 5 heteroatoms. The highest BCUT2D eigenvalue weighted by Crippen LogP contribution is 2.18. The fourth-order valence-electron chi connectivity index (χ4n) is 2.95. The Morgan fingerprint density at radius 2 is 1.80 bits per heavy atom. The number of nitrogens with zero attached hydrogens (tertiary/aromatic N) is 1. The van der Waals surface area contributed by atoms with E-state index in [4.69, 9.17) is 4.42 Å². The number of hydrogen-bond acceptors (Lipinski definition) is 4. The number of hydrogen-bond donors (Lipinski definition) is 0. The van der Waals surface area contributed by atoms with Crippen LogP contribution >= 0.6 is 11.8 Å². The normalized spacial score (nSPS) is 14.5. The molecular formula is C20H23NO3S. The third kappa shape index (κ3) is 4.98. The van der Waals surface area contributed by atoms with Crippen LogP contribution in [0.2, 0.25) is 0 Å². The molecule has 0 radical (unpaired) electrons. The minimum absolute atomic E-state index is 0.242. The van der Waals surface area contributed by atoms with E-state index >= 15 is 0 Å². The Balaban J connectivity index is 1.48. The van der Waals surface area contributed by atoms with E-state index in [1.54, 1.807) is 0 Å². The van der Waals surface area contributed by atoms with Crippen molar-refractivity contribution in [2.45, 2.75) is 25.7 Å². The van der Waals surface area contributed by atoms with Crippen LogP contribution in [-0.2, 0) is 11.2 Å². The summed E-state index contributed by atoms with van der Waals surface area (Å²) in [6.45, 7) is 1.74. The lowest BCUT2D eigenvalue weighted by Gasteiger charge is -2.26. The molecule has 4 nitrogen and oxygen atoms in total. The summed E-state index contributed by atoms with van der Waals surface area (Å²) in [5.74, 6) is 2.92. The molecule has 0 spiro atoms. The van der Waals surface area contributed by atoms with Gasteiger partial charge in [0, 0.05) is 42.1 Å². The molecule has 1 aliphatic heterocycles. The highest BCUT2D eigenvalue weighted by atomic mass is 32.2. The van der Waals surface area contributed by atoms with E-state index in [1.165, 1.54) is 0 Å². The first-order valence-electron chi connectivity index (χ1n) is 8.78. The third-order valence-corrected chi connectivity index (χ3v) is 5.35. The maximum absolute atomic E-state index is 12.1.